The Hall–Kier alpha value is -0.0100. The summed E-state index contributed by atoms with van der Waals surface area (Å²) in [5, 5.41) is 0. The van der Waals surface area contributed by atoms with Crippen LogP contribution in [0.1, 0.15) is 12.8 Å². The highest BCUT2D eigenvalue weighted by atomic mass is 35.7. The van der Waals surface area contributed by atoms with Crippen LogP contribution >= 0.6 is 10.7 Å². The minimum Gasteiger partial charge on any atom is -0.288 e. The van der Waals surface area contributed by atoms with Gasteiger partial charge >= 0.3 is 6.36 Å². The Kier molecular flexibility index (Phi) is 3.33. The third kappa shape index (κ3) is 4.02. The molecule has 0 N–H and O–H groups in total. The van der Waals surface area contributed by atoms with E-state index in [1.807, 2.05) is 0 Å². The van der Waals surface area contributed by atoms with Crippen molar-refractivity contribution in [2.45, 2.75) is 25.3 Å². The summed E-state index contributed by atoms with van der Waals surface area (Å²) in [6.45, 7) is 0. The molecule has 0 radical (unpaired) electrons. The average molecular weight is 253 g/mol. The quantitative estimate of drug-likeness (QED) is 0.720. The van der Waals surface area contributed by atoms with E-state index in [0.717, 1.165) is 0 Å². The van der Waals surface area contributed by atoms with Crippen molar-refractivity contribution in [2.75, 3.05) is 5.75 Å². The molecule has 1 rings (SSSR count). The number of hydrogen-bond acceptors (Lipinski definition) is 3. The zero-order valence-corrected chi connectivity index (χ0v) is 8.49. The topological polar surface area (TPSA) is 43.4 Å². The van der Waals surface area contributed by atoms with Gasteiger partial charge < -0.3 is 0 Å². The van der Waals surface area contributed by atoms with E-state index >= 15 is 0 Å². The maximum atomic E-state index is 11.7. The summed E-state index contributed by atoms with van der Waals surface area (Å²) in [4.78, 5) is 0. The average Bonchev–Trinajstić information content (AvgIpc) is 1.91. The zero-order valence-electron chi connectivity index (χ0n) is 6.92. The molecule has 0 aromatic rings. The summed E-state index contributed by atoms with van der Waals surface area (Å²) in [7, 11) is 1.16. The molecule has 14 heavy (non-hydrogen) atoms. The van der Waals surface area contributed by atoms with Gasteiger partial charge in [-0.2, -0.15) is 0 Å². The summed E-state index contributed by atoms with van der Waals surface area (Å²) in [6, 6.07) is 0. The summed E-state index contributed by atoms with van der Waals surface area (Å²) >= 11 is 0. The first-order valence-corrected chi connectivity index (χ1v) is 6.32. The molecule has 1 aliphatic rings. The number of hydrogen-bond donors (Lipinski definition) is 0. The third-order valence-corrected chi connectivity index (χ3v) is 3.25. The molecule has 0 heterocycles. The van der Waals surface area contributed by atoms with E-state index in [1.54, 1.807) is 0 Å². The summed E-state index contributed by atoms with van der Waals surface area (Å²) < 4.78 is 60.0. The van der Waals surface area contributed by atoms with Crippen molar-refractivity contribution in [3.63, 3.8) is 0 Å². The van der Waals surface area contributed by atoms with Crippen LogP contribution in [-0.2, 0) is 13.8 Å². The van der Waals surface area contributed by atoms with Crippen molar-refractivity contribution in [1.29, 1.82) is 0 Å². The first-order chi connectivity index (χ1) is 6.17. The second-order valence-electron chi connectivity index (χ2n) is 3.14. The lowest BCUT2D eigenvalue weighted by atomic mass is 9.83. The fourth-order valence-electron chi connectivity index (χ4n) is 1.31. The Balaban J connectivity index is 2.44. The highest BCUT2D eigenvalue weighted by Crippen LogP contribution is 2.36. The molecule has 0 aromatic heterocycles. The van der Waals surface area contributed by atoms with E-state index in [4.69, 9.17) is 10.7 Å². The van der Waals surface area contributed by atoms with Gasteiger partial charge in [-0.3, -0.25) is 4.74 Å². The van der Waals surface area contributed by atoms with Crippen LogP contribution < -0.4 is 0 Å². The second-order valence-corrected chi connectivity index (χ2v) is 5.97. The molecule has 3 nitrogen and oxygen atoms in total. The van der Waals surface area contributed by atoms with Gasteiger partial charge in [0.05, 0.1) is 11.9 Å². The molecule has 2 unspecified atom stereocenters. The number of rotatable bonds is 3. The standard InChI is InChI=1S/C6H8ClF3O3S/c7-14(11,12)3-4-1-2-5(4)13-6(8,9)10/h4-5H,1-3H2. The van der Waals surface area contributed by atoms with Gasteiger partial charge in [-0.1, -0.05) is 0 Å². The SMILES string of the molecule is O=S(=O)(Cl)CC1CCC1OC(F)(F)F. The van der Waals surface area contributed by atoms with Gasteiger partial charge in [0.25, 0.3) is 0 Å². The van der Waals surface area contributed by atoms with Crippen LogP contribution in [0, 0.1) is 5.92 Å². The van der Waals surface area contributed by atoms with Crippen LogP contribution in [-0.4, -0.2) is 26.6 Å². The molecule has 0 spiro atoms. The van der Waals surface area contributed by atoms with Gasteiger partial charge in [-0.05, 0) is 12.8 Å². The molecule has 0 aliphatic heterocycles. The van der Waals surface area contributed by atoms with Gasteiger partial charge in [0.2, 0.25) is 9.05 Å². The molecule has 1 saturated carbocycles. The molecule has 1 fully saturated rings. The molecule has 0 amide bonds. The Bertz CT molecular complexity index is 300. The molecule has 8 heteroatoms. The van der Waals surface area contributed by atoms with Crippen molar-refractivity contribution >= 4 is 19.7 Å². The van der Waals surface area contributed by atoms with Gasteiger partial charge in [-0.15, -0.1) is 13.2 Å². The highest BCUT2D eigenvalue weighted by molar-refractivity contribution is 8.13. The normalized spacial score (nSPS) is 28.6. The highest BCUT2D eigenvalue weighted by Gasteiger charge is 2.42. The van der Waals surface area contributed by atoms with Gasteiger partial charge in [0.1, 0.15) is 0 Å². The van der Waals surface area contributed by atoms with Gasteiger partial charge in [0, 0.05) is 16.6 Å². The Morgan fingerprint density at radius 2 is 1.93 bits per heavy atom. The zero-order chi connectivity index (χ0) is 11.0. The molecule has 0 bridgehead atoms. The molecule has 0 saturated heterocycles. The van der Waals surface area contributed by atoms with Gasteiger partial charge in [-0.25, -0.2) is 8.42 Å². The second kappa shape index (κ2) is 3.86. The van der Waals surface area contributed by atoms with Gasteiger partial charge in [0.15, 0.2) is 0 Å². The van der Waals surface area contributed by atoms with Crippen LogP contribution in [0.3, 0.4) is 0 Å². The number of ether oxygens (including phenoxy) is 1. The molecule has 84 valence electrons. The van der Waals surface area contributed by atoms with Crippen LogP contribution in [0.4, 0.5) is 13.2 Å². The predicted molar refractivity (Wildman–Crippen MR) is 43.3 cm³/mol. The Labute approximate surface area is 83.6 Å². The predicted octanol–water partition coefficient (Wildman–Crippen LogP) is 1.87. The lowest BCUT2D eigenvalue weighted by Gasteiger charge is -2.35. The van der Waals surface area contributed by atoms with Crippen LogP contribution in [0.2, 0.25) is 0 Å². The van der Waals surface area contributed by atoms with E-state index in [1.165, 1.54) is 0 Å². The smallest absolute Gasteiger partial charge is 0.288 e. The lowest BCUT2D eigenvalue weighted by molar-refractivity contribution is -0.357. The van der Waals surface area contributed by atoms with E-state index in [2.05, 4.69) is 4.74 Å². The van der Waals surface area contributed by atoms with Crippen molar-refractivity contribution in [2.24, 2.45) is 5.92 Å². The third-order valence-electron chi connectivity index (χ3n) is 2.05. The van der Waals surface area contributed by atoms with Crippen molar-refractivity contribution in [3.05, 3.63) is 0 Å². The fraction of sp³-hybridized carbons (Fsp3) is 1.00. The van der Waals surface area contributed by atoms with Crippen LogP contribution in [0.25, 0.3) is 0 Å². The minimum absolute atomic E-state index is 0.219. The van der Waals surface area contributed by atoms with Crippen molar-refractivity contribution < 1.29 is 26.3 Å². The Morgan fingerprint density at radius 1 is 1.36 bits per heavy atom. The first kappa shape index (κ1) is 12.1. The minimum atomic E-state index is -4.71. The number of halogens is 4. The fourth-order valence-corrected chi connectivity index (χ4v) is 2.69. The largest absolute Gasteiger partial charge is 0.522 e. The summed E-state index contributed by atoms with van der Waals surface area (Å²) in [5.74, 6) is -1.10. The van der Waals surface area contributed by atoms with Crippen LogP contribution in [0.15, 0.2) is 0 Å². The molecule has 1 aliphatic carbocycles. The maximum Gasteiger partial charge on any atom is 0.522 e. The van der Waals surface area contributed by atoms with E-state index in [0.29, 0.717) is 6.42 Å². The van der Waals surface area contributed by atoms with Crippen LogP contribution in [0.5, 0.6) is 0 Å². The lowest BCUT2D eigenvalue weighted by Crippen LogP contribution is -2.41. The molecule has 2 atom stereocenters. The maximum absolute atomic E-state index is 11.7. The van der Waals surface area contributed by atoms with E-state index in [-0.39, 0.29) is 6.42 Å². The van der Waals surface area contributed by atoms with Crippen molar-refractivity contribution in [1.82, 2.24) is 0 Å². The first-order valence-electron chi connectivity index (χ1n) is 3.84. The van der Waals surface area contributed by atoms with Crippen molar-refractivity contribution in [3.8, 4) is 0 Å². The Morgan fingerprint density at radius 3 is 2.21 bits per heavy atom. The van der Waals surface area contributed by atoms with E-state index < -0.39 is 33.2 Å². The molecular formula is C6H8ClF3O3S. The number of alkyl halides is 3. The monoisotopic (exact) mass is 252 g/mol. The summed E-state index contributed by atoms with van der Waals surface area (Å²) in [6.07, 6.45) is -5.16. The summed E-state index contributed by atoms with van der Waals surface area (Å²) in [5.41, 5.74) is 0. The molecular weight excluding hydrogens is 245 g/mol. The van der Waals surface area contributed by atoms with E-state index in [9.17, 15) is 21.6 Å². The molecule has 0 aromatic carbocycles.